The molecule has 1 aliphatic heterocycles. The molecule has 20 heavy (non-hydrogen) atoms. The van der Waals surface area contributed by atoms with Crippen molar-refractivity contribution in [3.8, 4) is 11.5 Å². The molecular formula is C16H14Br2O2. The first-order chi connectivity index (χ1) is 9.70. The van der Waals surface area contributed by atoms with Gasteiger partial charge in [-0.15, -0.1) is 0 Å². The van der Waals surface area contributed by atoms with Crippen molar-refractivity contribution >= 4 is 31.9 Å². The molecule has 2 unspecified atom stereocenters. The van der Waals surface area contributed by atoms with Gasteiger partial charge in [0.05, 0.1) is 18.5 Å². The Balaban J connectivity index is 1.92. The van der Waals surface area contributed by atoms with E-state index < -0.39 is 0 Å². The Bertz CT molecular complexity index is 628. The van der Waals surface area contributed by atoms with Gasteiger partial charge in [0.15, 0.2) is 0 Å². The highest BCUT2D eigenvalue weighted by Gasteiger charge is 2.31. The first-order valence-corrected chi connectivity index (χ1v) is 8.11. The van der Waals surface area contributed by atoms with Gasteiger partial charge in [-0.05, 0) is 23.8 Å². The predicted molar refractivity (Wildman–Crippen MR) is 87.0 cm³/mol. The van der Waals surface area contributed by atoms with Gasteiger partial charge in [-0.25, -0.2) is 0 Å². The van der Waals surface area contributed by atoms with Crippen LogP contribution >= 0.6 is 31.9 Å². The topological polar surface area (TPSA) is 18.5 Å². The molecule has 0 radical (unpaired) electrons. The number of ether oxygens (including phenoxy) is 2. The van der Waals surface area contributed by atoms with E-state index in [1.807, 2.05) is 24.3 Å². The fourth-order valence-electron chi connectivity index (χ4n) is 2.50. The number of fused-ring (bicyclic) bond motifs is 1. The van der Waals surface area contributed by atoms with Crippen LogP contribution in [0.2, 0.25) is 0 Å². The molecule has 0 amide bonds. The van der Waals surface area contributed by atoms with Crippen LogP contribution in [0.25, 0.3) is 0 Å². The number of para-hydroxylation sites is 1. The molecule has 0 bridgehead atoms. The molecule has 1 heterocycles. The highest BCUT2D eigenvalue weighted by atomic mass is 79.9. The van der Waals surface area contributed by atoms with Crippen molar-refractivity contribution in [2.75, 3.05) is 13.7 Å². The van der Waals surface area contributed by atoms with E-state index in [0.717, 1.165) is 16.0 Å². The summed E-state index contributed by atoms with van der Waals surface area (Å²) < 4.78 is 12.1. The highest BCUT2D eigenvalue weighted by Crippen LogP contribution is 2.47. The van der Waals surface area contributed by atoms with Gasteiger partial charge in [0, 0.05) is 16.0 Å². The fraction of sp³-hybridized carbons (Fsp3) is 0.250. The second kappa shape index (κ2) is 5.78. The van der Waals surface area contributed by atoms with Gasteiger partial charge in [0.2, 0.25) is 0 Å². The first kappa shape index (κ1) is 14.0. The van der Waals surface area contributed by atoms with E-state index in [1.165, 1.54) is 11.1 Å². The van der Waals surface area contributed by atoms with Crippen LogP contribution in [0.3, 0.4) is 0 Å². The Morgan fingerprint density at radius 1 is 1.25 bits per heavy atom. The van der Waals surface area contributed by atoms with Gasteiger partial charge < -0.3 is 9.47 Å². The quantitative estimate of drug-likeness (QED) is 0.673. The molecule has 104 valence electrons. The summed E-state index contributed by atoms with van der Waals surface area (Å²) in [6, 6.07) is 14.3. The molecule has 2 aromatic rings. The molecule has 0 fully saturated rings. The summed E-state index contributed by atoms with van der Waals surface area (Å²) in [6.07, 6.45) is 0. The smallest absolute Gasteiger partial charge is 0.122 e. The van der Waals surface area contributed by atoms with Crippen molar-refractivity contribution in [1.82, 2.24) is 0 Å². The maximum absolute atomic E-state index is 5.77. The molecule has 2 atom stereocenters. The van der Waals surface area contributed by atoms with Crippen molar-refractivity contribution in [2.45, 2.75) is 10.7 Å². The Hall–Kier alpha value is -1.00. The third-order valence-corrected chi connectivity index (χ3v) is 5.41. The number of rotatable bonds is 3. The van der Waals surface area contributed by atoms with E-state index in [9.17, 15) is 0 Å². The molecule has 0 N–H and O–H groups in total. The Kier molecular flexibility index (Phi) is 4.03. The molecule has 0 saturated carbocycles. The molecule has 2 nitrogen and oxygen atoms in total. The zero-order chi connectivity index (χ0) is 14.1. The van der Waals surface area contributed by atoms with Crippen LogP contribution in [0, 0.1) is 0 Å². The lowest BCUT2D eigenvalue weighted by Crippen LogP contribution is -2.08. The van der Waals surface area contributed by atoms with Crippen LogP contribution in [0.15, 0.2) is 46.9 Å². The lowest BCUT2D eigenvalue weighted by Gasteiger charge is -2.19. The zero-order valence-electron chi connectivity index (χ0n) is 11.0. The number of benzene rings is 2. The summed E-state index contributed by atoms with van der Waals surface area (Å²) in [7, 11) is 1.67. The van der Waals surface area contributed by atoms with Crippen LogP contribution in [0.4, 0.5) is 0 Å². The van der Waals surface area contributed by atoms with Crippen molar-refractivity contribution in [2.24, 2.45) is 0 Å². The SMILES string of the molecule is COc1ccc(C(Br)C2COc3ccccc32)c(Br)c1. The van der Waals surface area contributed by atoms with Gasteiger partial charge in [-0.2, -0.15) is 0 Å². The lowest BCUT2D eigenvalue weighted by molar-refractivity contribution is 0.329. The Morgan fingerprint density at radius 3 is 2.80 bits per heavy atom. The minimum Gasteiger partial charge on any atom is -0.497 e. The molecule has 2 aromatic carbocycles. The van der Waals surface area contributed by atoms with E-state index in [1.54, 1.807) is 7.11 Å². The predicted octanol–water partition coefficient (Wildman–Crippen LogP) is 5.07. The van der Waals surface area contributed by atoms with Gasteiger partial charge in [-0.1, -0.05) is 56.1 Å². The third-order valence-electron chi connectivity index (χ3n) is 3.59. The number of methoxy groups -OCH3 is 1. The average Bonchev–Trinajstić information content (AvgIpc) is 2.90. The molecule has 0 aromatic heterocycles. The van der Waals surface area contributed by atoms with Crippen LogP contribution in [-0.2, 0) is 0 Å². The second-order valence-electron chi connectivity index (χ2n) is 4.74. The van der Waals surface area contributed by atoms with Crippen molar-refractivity contribution in [3.05, 3.63) is 58.1 Å². The molecule has 0 aliphatic carbocycles. The molecule has 3 rings (SSSR count). The number of alkyl halides is 1. The zero-order valence-corrected chi connectivity index (χ0v) is 14.1. The van der Waals surface area contributed by atoms with Crippen LogP contribution in [-0.4, -0.2) is 13.7 Å². The van der Waals surface area contributed by atoms with Crippen molar-refractivity contribution < 1.29 is 9.47 Å². The molecule has 0 spiro atoms. The molecule has 0 saturated heterocycles. The van der Waals surface area contributed by atoms with Crippen molar-refractivity contribution in [1.29, 1.82) is 0 Å². The van der Waals surface area contributed by atoms with Gasteiger partial charge in [-0.3, -0.25) is 0 Å². The standard InChI is InChI=1S/C16H14Br2O2/c1-19-10-6-7-12(14(17)8-10)16(18)13-9-20-15-5-3-2-4-11(13)15/h2-8,13,16H,9H2,1H3. The Morgan fingerprint density at radius 2 is 2.05 bits per heavy atom. The summed E-state index contributed by atoms with van der Waals surface area (Å²) in [5.74, 6) is 2.16. The summed E-state index contributed by atoms with van der Waals surface area (Å²) in [6.45, 7) is 0.702. The molecule has 4 heteroatoms. The summed E-state index contributed by atoms with van der Waals surface area (Å²) >= 11 is 7.45. The summed E-state index contributed by atoms with van der Waals surface area (Å²) in [5.41, 5.74) is 2.47. The number of hydrogen-bond donors (Lipinski definition) is 0. The molecule has 1 aliphatic rings. The van der Waals surface area contributed by atoms with E-state index in [0.29, 0.717) is 12.5 Å². The van der Waals surface area contributed by atoms with E-state index >= 15 is 0 Å². The number of halogens is 2. The van der Waals surface area contributed by atoms with E-state index in [2.05, 4.69) is 50.1 Å². The van der Waals surface area contributed by atoms with Crippen LogP contribution in [0.5, 0.6) is 11.5 Å². The Labute approximate surface area is 135 Å². The summed E-state index contributed by atoms with van der Waals surface area (Å²) in [5, 5.41) is 0. The summed E-state index contributed by atoms with van der Waals surface area (Å²) in [4.78, 5) is 0.200. The van der Waals surface area contributed by atoms with E-state index in [-0.39, 0.29) is 4.83 Å². The second-order valence-corrected chi connectivity index (χ2v) is 6.59. The normalized spacial score (nSPS) is 18.2. The minimum atomic E-state index is 0.200. The maximum atomic E-state index is 5.77. The van der Waals surface area contributed by atoms with E-state index in [4.69, 9.17) is 9.47 Å². The van der Waals surface area contributed by atoms with Crippen LogP contribution in [0.1, 0.15) is 21.9 Å². The van der Waals surface area contributed by atoms with Gasteiger partial charge in [0.1, 0.15) is 11.5 Å². The first-order valence-electron chi connectivity index (χ1n) is 6.40. The largest absolute Gasteiger partial charge is 0.497 e. The number of hydrogen-bond acceptors (Lipinski definition) is 2. The van der Waals surface area contributed by atoms with Crippen molar-refractivity contribution in [3.63, 3.8) is 0 Å². The van der Waals surface area contributed by atoms with Crippen LogP contribution < -0.4 is 9.47 Å². The maximum Gasteiger partial charge on any atom is 0.122 e. The van der Waals surface area contributed by atoms with Gasteiger partial charge in [0.25, 0.3) is 0 Å². The lowest BCUT2D eigenvalue weighted by atomic mass is 9.93. The minimum absolute atomic E-state index is 0.200. The monoisotopic (exact) mass is 396 g/mol. The average molecular weight is 398 g/mol. The fourth-order valence-corrected chi connectivity index (χ4v) is 4.25. The third kappa shape index (κ3) is 2.47. The van der Waals surface area contributed by atoms with Gasteiger partial charge >= 0.3 is 0 Å². The molecular weight excluding hydrogens is 384 g/mol. The highest BCUT2D eigenvalue weighted by molar-refractivity contribution is 9.11.